The van der Waals surface area contributed by atoms with Crippen LogP contribution in [0.25, 0.3) is 0 Å². The number of carbonyl (C=O) groups is 3. The molecular formula is C22H18FN3O4. The van der Waals surface area contributed by atoms with Gasteiger partial charge in [0.2, 0.25) is 5.54 Å². The summed E-state index contributed by atoms with van der Waals surface area (Å²) in [6.45, 7) is 1.68. The summed E-state index contributed by atoms with van der Waals surface area (Å²) in [5.74, 6) is 4.41. The van der Waals surface area contributed by atoms with Crippen LogP contribution in [0, 0.1) is 24.6 Å². The predicted octanol–water partition coefficient (Wildman–Crippen LogP) is 1.73. The fourth-order valence-electron chi connectivity index (χ4n) is 3.53. The first-order chi connectivity index (χ1) is 14.3. The number of aryl methyl sites for hydroxylation is 1. The van der Waals surface area contributed by atoms with Crippen molar-refractivity contribution in [2.75, 3.05) is 13.7 Å². The number of ether oxygens (including phenoxy) is 1. The largest absolute Gasteiger partial charge is 0.497 e. The maximum Gasteiger partial charge on any atom is 0.323 e. The molecule has 0 bridgehead atoms. The van der Waals surface area contributed by atoms with E-state index in [0.717, 1.165) is 5.56 Å². The van der Waals surface area contributed by atoms with Crippen LogP contribution in [0.5, 0.6) is 5.75 Å². The Bertz CT molecular complexity index is 1150. The van der Waals surface area contributed by atoms with Crippen molar-refractivity contribution in [2.45, 2.75) is 19.0 Å². The van der Waals surface area contributed by atoms with E-state index in [2.05, 4.69) is 22.5 Å². The highest BCUT2D eigenvalue weighted by molar-refractivity contribution is 6.10. The second-order valence-electron chi connectivity index (χ2n) is 7.18. The van der Waals surface area contributed by atoms with Crippen LogP contribution in [0.1, 0.15) is 27.0 Å². The van der Waals surface area contributed by atoms with Gasteiger partial charge in [-0.15, -0.1) is 0 Å². The van der Waals surface area contributed by atoms with Gasteiger partial charge in [0.15, 0.2) is 0 Å². The second kappa shape index (κ2) is 7.19. The van der Waals surface area contributed by atoms with Crippen molar-refractivity contribution >= 4 is 17.8 Å². The van der Waals surface area contributed by atoms with Gasteiger partial charge in [0, 0.05) is 12.1 Å². The van der Waals surface area contributed by atoms with E-state index in [4.69, 9.17) is 4.74 Å². The standard InChI is InChI=1S/C22H18FN3O4/c1-13-4-3-5-14(18(13)23)8-9-22(20(28)24-21(29)25-22)12-26-11-15-6-7-16(30-2)10-17(15)19(26)27/h3-7,10H,11-12H2,1-2H3,(H2,24,25,28,29)/t22-/m1/s1. The first-order valence-electron chi connectivity index (χ1n) is 9.21. The number of halogens is 1. The molecule has 8 heteroatoms. The van der Waals surface area contributed by atoms with Crippen molar-refractivity contribution in [3.8, 4) is 17.6 Å². The van der Waals surface area contributed by atoms with Crippen molar-refractivity contribution in [3.05, 3.63) is 64.5 Å². The first kappa shape index (κ1) is 19.5. The zero-order valence-electron chi connectivity index (χ0n) is 16.3. The van der Waals surface area contributed by atoms with Gasteiger partial charge >= 0.3 is 6.03 Å². The summed E-state index contributed by atoms with van der Waals surface area (Å²) < 4.78 is 19.5. The monoisotopic (exact) mass is 407 g/mol. The third-order valence-electron chi connectivity index (χ3n) is 5.17. The molecule has 30 heavy (non-hydrogen) atoms. The van der Waals surface area contributed by atoms with Crippen molar-refractivity contribution in [1.29, 1.82) is 0 Å². The maximum atomic E-state index is 14.3. The van der Waals surface area contributed by atoms with Gasteiger partial charge in [-0.3, -0.25) is 14.9 Å². The molecule has 0 aliphatic carbocycles. The summed E-state index contributed by atoms with van der Waals surface area (Å²) in [5.41, 5.74) is 0.0685. The molecule has 0 radical (unpaired) electrons. The molecule has 2 aromatic carbocycles. The molecule has 4 rings (SSSR count). The van der Waals surface area contributed by atoms with Gasteiger partial charge in [0.25, 0.3) is 11.8 Å². The molecule has 1 atom stereocenters. The minimum Gasteiger partial charge on any atom is -0.497 e. The number of hydrogen-bond donors (Lipinski definition) is 2. The van der Waals surface area contributed by atoms with Gasteiger partial charge in [-0.25, -0.2) is 9.18 Å². The van der Waals surface area contributed by atoms with E-state index in [1.807, 2.05) is 0 Å². The van der Waals surface area contributed by atoms with Crippen LogP contribution in [0.15, 0.2) is 36.4 Å². The Balaban J connectivity index is 1.67. The third kappa shape index (κ3) is 3.24. The number of nitrogens with zero attached hydrogens (tertiary/aromatic N) is 1. The molecule has 4 amide bonds. The Morgan fingerprint density at radius 3 is 2.73 bits per heavy atom. The summed E-state index contributed by atoms with van der Waals surface area (Å²) in [4.78, 5) is 38.8. The van der Waals surface area contributed by atoms with Crippen LogP contribution in [-0.2, 0) is 11.3 Å². The maximum absolute atomic E-state index is 14.3. The average molecular weight is 407 g/mol. The van der Waals surface area contributed by atoms with E-state index in [1.165, 1.54) is 18.1 Å². The fourth-order valence-corrected chi connectivity index (χ4v) is 3.53. The van der Waals surface area contributed by atoms with E-state index in [0.29, 0.717) is 16.9 Å². The molecular weight excluding hydrogens is 389 g/mol. The molecule has 152 valence electrons. The summed E-state index contributed by atoms with van der Waals surface area (Å²) in [6, 6.07) is 9.18. The van der Waals surface area contributed by atoms with Crippen LogP contribution >= 0.6 is 0 Å². The van der Waals surface area contributed by atoms with E-state index >= 15 is 0 Å². The predicted molar refractivity (Wildman–Crippen MR) is 105 cm³/mol. The zero-order valence-corrected chi connectivity index (χ0v) is 16.3. The highest BCUT2D eigenvalue weighted by Crippen LogP contribution is 2.28. The quantitative estimate of drug-likeness (QED) is 0.599. The van der Waals surface area contributed by atoms with Crippen molar-refractivity contribution in [1.82, 2.24) is 15.5 Å². The Hall–Kier alpha value is -3.86. The zero-order chi connectivity index (χ0) is 21.5. The number of methoxy groups -OCH3 is 1. The van der Waals surface area contributed by atoms with Gasteiger partial charge in [-0.05, 0) is 36.2 Å². The SMILES string of the molecule is COc1ccc2c(c1)C(=O)N(C[C@@]1(C#Cc3cccc(C)c3F)NC(=O)NC1=O)C2. The number of hydrogen-bond acceptors (Lipinski definition) is 4. The third-order valence-corrected chi connectivity index (χ3v) is 5.17. The average Bonchev–Trinajstić information content (AvgIpc) is 3.18. The minimum atomic E-state index is -1.69. The van der Waals surface area contributed by atoms with Crippen LogP contribution in [0.4, 0.5) is 9.18 Å². The van der Waals surface area contributed by atoms with Gasteiger partial charge in [0.1, 0.15) is 11.6 Å². The Labute approximate surface area is 172 Å². The molecule has 2 aromatic rings. The van der Waals surface area contributed by atoms with Gasteiger partial charge in [0.05, 0.1) is 19.2 Å². The molecule has 1 saturated heterocycles. The van der Waals surface area contributed by atoms with E-state index in [9.17, 15) is 18.8 Å². The highest BCUT2D eigenvalue weighted by Gasteiger charge is 2.48. The van der Waals surface area contributed by atoms with Gasteiger partial charge in [-0.1, -0.05) is 30.0 Å². The minimum absolute atomic E-state index is 0.101. The number of amides is 4. The lowest BCUT2D eigenvalue weighted by Crippen LogP contribution is -2.54. The Morgan fingerprint density at radius 2 is 2.03 bits per heavy atom. The molecule has 2 heterocycles. The van der Waals surface area contributed by atoms with Crippen molar-refractivity contribution < 1.29 is 23.5 Å². The Morgan fingerprint density at radius 1 is 1.23 bits per heavy atom. The van der Waals surface area contributed by atoms with E-state index < -0.39 is 23.3 Å². The molecule has 2 aliphatic rings. The molecule has 0 spiro atoms. The highest BCUT2D eigenvalue weighted by atomic mass is 19.1. The van der Waals surface area contributed by atoms with Crippen LogP contribution in [-0.4, -0.2) is 41.9 Å². The molecule has 2 aliphatic heterocycles. The second-order valence-corrected chi connectivity index (χ2v) is 7.18. The van der Waals surface area contributed by atoms with Gasteiger partial charge in [-0.2, -0.15) is 0 Å². The smallest absolute Gasteiger partial charge is 0.323 e. The molecule has 2 N–H and O–H groups in total. The number of carbonyl (C=O) groups excluding carboxylic acids is 3. The summed E-state index contributed by atoms with van der Waals surface area (Å²) in [6.07, 6.45) is 0. The lowest BCUT2D eigenvalue weighted by Gasteiger charge is -2.26. The molecule has 0 unspecified atom stereocenters. The van der Waals surface area contributed by atoms with Crippen molar-refractivity contribution in [3.63, 3.8) is 0 Å². The number of nitrogens with one attached hydrogen (secondary N) is 2. The number of rotatable bonds is 3. The Kier molecular flexibility index (Phi) is 4.66. The normalized spacial score (nSPS) is 19.7. The lowest BCUT2D eigenvalue weighted by molar-refractivity contribution is -0.122. The fraction of sp³-hybridized carbons (Fsp3) is 0.227. The summed E-state index contributed by atoms with van der Waals surface area (Å²) in [7, 11) is 1.51. The number of benzene rings is 2. The first-order valence-corrected chi connectivity index (χ1v) is 9.21. The number of fused-ring (bicyclic) bond motifs is 1. The van der Waals surface area contributed by atoms with Crippen molar-refractivity contribution in [2.24, 2.45) is 0 Å². The molecule has 0 saturated carbocycles. The van der Waals surface area contributed by atoms with Crippen LogP contribution < -0.4 is 15.4 Å². The van der Waals surface area contributed by atoms with Crippen LogP contribution in [0.3, 0.4) is 0 Å². The summed E-state index contributed by atoms with van der Waals surface area (Å²) >= 11 is 0. The van der Waals surface area contributed by atoms with Crippen LogP contribution in [0.2, 0.25) is 0 Å². The van der Waals surface area contributed by atoms with E-state index in [-0.39, 0.29) is 24.6 Å². The molecule has 7 nitrogen and oxygen atoms in total. The molecule has 0 aromatic heterocycles. The van der Waals surface area contributed by atoms with Gasteiger partial charge < -0.3 is 15.0 Å². The number of urea groups is 1. The number of imide groups is 1. The molecule has 1 fully saturated rings. The summed E-state index contributed by atoms with van der Waals surface area (Å²) in [5, 5.41) is 4.66. The van der Waals surface area contributed by atoms with E-state index in [1.54, 1.807) is 37.3 Å². The topological polar surface area (TPSA) is 87.7 Å². The lowest BCUT2D eigenvalue weighted by atomic mass is 9.98.